The Bertz CT molecular complexity index is 845. The lowest BCUT2D eigenvalue weighted by Gasteiger charge is -2.19. The molecule has 1 fully saturated rings. The van der Waals surface area contributed by atoms with Crippen LogP contribution in [0.5, 0.6) is 11.5 Å². The van der Waals surface area contributed by atoms with Crippen molar-refractivity contribution in [1.29, 1.82) is 0 Å². The number of benzene rings is 2. The highest BCUT2D eigenvalue weighted by molar-refractivity contribution is 7.89. The molecule has 0 unspecified atom stereocenters. The van der Waals surface area contributed by atoms with Crippen molar-refractivity contribution in [3.05, 3.63) is 53.1 Å². The molecule has 0 aliphatic heterocycles. The van der Waals surface area contributed by atoms with E-state index in [0.717, 1.165) is 18.4 Å². The summed E-state index contributed by atoms with van der Waals surface area (Å²) in [7, 11) is -0.519. The summed E-state index contributed by atoms with van der Waals surface area (Å²) in [5.74, 6) is 1.18. The summed E-state index contributed by atoms with van der Waals surface area (Å²) >= 11 is 5.82. The van der Waals surface area contributed by atoms with Gasteiger partial charge in [-0.2, -0.15) is 0 Å². The number of ether oxygens (including phenoxy) is 2. The minimum atomic E-state index is -3.64. The number of rotatable bonds is 6. The van der Waals surface area contributed by atoms with Gasteiger partial charge in [-0.1, -0.05) is 17.7 Å². The largest absolute Gasteiger partial charge is 0.493 e. The van der Waals surface area contributed by atoms with Gasteiger partial charge in [0.15, 0.2) is 11.5 Å². The van der Waals surface area contributed by atoms with E-state index in [1.807, 2.05) is 12.1 Å². The predicted molar refractivity (Wildman–Crippen MR) is 92.2 cm³/mol. The van der Waals surface area contributed by atoms with Crippen molar-refractivity contribution in [3.8, 4) is 11.5 Å². The second-order valence-corrected chi connectivity index (χ2v) is 7.83. The highest BCUT2D eigenvalue weighted by Crippen LogP contribution is 2.48. The van der Waals surface area contributed by atoms with Gasteiger partial charge in [0, 0.05) is 5.02 Å². The summed E-state index contributed by atoms with van der Waals surface area (Å²) in [5, 5.41) is 0.495. The maximum absolute atomic E-state index is 12.6. The van der Waals surface area contributed by atoms with Gasteiger partial charge in [-0.05, 0) is 54.8 Å². The Morgan fingerprint density at radius 2 is 1.62 bits per heavy atom. The highest BCUT2D eigenvalue weighted by Gasteiger charge is 2.48. The Morgan fingerprint density at radius 1 is 1.00 bits per heavy atom. The van der Waals surface area contributed by atoms with E-state index in [4.69, 9.17) is 21.1 Å². The van der Waals surface area contributed by atoms with Gasteiger partial charge in [-0.15, -0.1) is 0 Å². The number of hydrogen-bond acceptors (Lipinski definition) is 4. The molecule has 5 nitrogen and oxygen atoms in total. The van der Waals surface area contributed by atoms with Crippen molar-refractivity contribution >= 4 is 21.6 Å². The van der Waals surface area contributed by atoms with Crippen molar-refractivity contribution < 1.29 is 17.9 Å². The van der Waals surface area contributed by atoms with Crippen LogP contribution in [-0.2, 0) is 15.6 Å². The Morgan fingerprint density at radius 3 is 2.17 bits per heavy atom. The quantitative estimate of drug-likeness (QED) is 0.850. The highest BCUT2D eigenvalue weighted by atomic mass is 35.5. The van der Waals surface area contributed by atoms with Crippen molar-refractivity contribution in [2.45, 2.75) is 23.3 Å². The van der Waals surface area contributed by atoms with E-state index in [0.29, 0.717) is 16.5 Å². The summed E-state index contributed by atoms with van der Waals surface area (Å²) in [5.41, 5.74) is 0.260. The van der Waals surface area contributed by atoms with Crippen molar-refractivity contribution in [1.82, 2.24) is 4.72 Å². The van der Waals surface area contributed by atoms with Gasteiger partial charge >= 0.3 is 0 Å². The third-order valence-corrected chi connectivity index (χ3v) is 5.94. The molecule has 1 aliphatic carbocycles. The van der Waals surface area contributed by atoms with Gasteiger partial charge < -0.3 is 9.47 Å². The van der Waals surface area contributed by atoms with Crippen molar-refractivity contribution in [2.75, 3.05) is 14.2 Å². The molecular formula is C17H18ClNO4S. The van der Waals surface area contributed by atoms with Gasteiger partial charge in [-0.25, -0.2) is 13.1 Å². The Labute approximate surface area is 146 Å². The molecule has 7 heteroatoms. The maximum Gasteiger partial charge on any atom is 0.241 e. The van der Waals surface area contributed by atoms with E-state index in [1.165, 1.54) is 12.1 Å². The fourth-order valence-corrected chi connectivity index (χ4v) is 4.21. The number of sulfonamides is 1. The van der Waals surface area contributed by atoms with Gasteiger partial charge in [0.2, 0.25) is 10.0 Å². The molecule has 0 spiro atoms. The van der Waals surface area contributed by atoms with Crippen LogP contribution in [0.4, 0.5) is 0 Å². The minimum Gasteiger partial charge on any atom is -0.493 e. The SMILES string of the molecule is COc1ccc(C2(NS(=O)(=O)c3ccc(Cl)cc3)CC2)cc1OC. The molecule has 0 amide bonds. The number of hydrogen-bond donors (Lipinski definition) is 1. The molecule has 0 saturated heterocycles. The topological polar surface area (TPSA) is 64.6 Å². The molecule has 1 saturated carbocycles. The second-order valence-electron chi connectivity index (χ2n) is 5.71. The summed E-state index contributed by atoms with van der Waals surface area (Å²) in [6.45, 7) is 0. The Kier molecular flexibility index (Phi) is 4.46. The number of halogens is 1. The first-order chi connectivity index (χ1) is 11.4. The lowest BCUT2D eigenvalue weighted by molar-refractivity contribution is 0.354. The molecule has 3 rings (SSSR count). The summed E-state index contributed by atoms with van der Waals surface area (Å²) in [6.07, 6.45) is 1.46. The van der Waals surface area contributed by atoms with Crippen molar-refractivity contribution in [3.63, 3.8) is 0 Å². The van der Waals surface area contributed by atoms with E-state index < -0.39 is 15.6 Å². The molecule has 0 bridgehead atoms. The van der Waals surface area contributed by atoms with E-state index in [9.17, 15) is 8.42 Å². The van der Waals surface area contributed by atoms with Crippen LogP contribution in [0, 0.1) is 0 Å². The van der Waals surface area contributed by atoms with Crippen LogP contribution in [0.25, 0.3) is 0 Å². The van der Waals surface area contributed by atoms with Gasteiger partial charge in [0.1, 0.15) is 0 Å². The van der Waals surface area contributed by atoms with Gasteiger partial charge in [-0.3, -0.25) is 0 Å². The first kappa shape index (κ1) is 17.1. The van der Waals surface area contributed by atoms with Gasteiger partial charge in [0.05, 0.1) is 24.7 Å². The van der Waals surface area contributed by atoms with Crippen LogP contribution in [0.3, 0.4) is 0 Å². The molecule has 2 aromatic rings. The maximum atomic E-state index is 12.6. The number of nitrogens with one attached hydrogen (secondary N) is 1. The van der Waals surface area contributed by atoms with E-state index in [-0.39, 0.29) is 4.90 Å². The average molecular weight is 368 g/mol. The zero-order valence-corrected chi connectivity index (χ0v) is 14.9. The summed E-state index contributed by atoms with van der Waals surface area (Å²) < 4.78 is 38.6. The molecule has 128 valence electrons. The third kappa shape index (κ3) is 3.22. The molecule has 1 aliphatic rings. The predicted octanol–water partition coefficient (Wildman–Crippen LogP) is 3.32. The first-order valence-electron chi connectivity index (χ1n) is 7.42. The van der Waals surface area contributed by atoms with Crippen molar-refractivity contribution in [2.24, 2.45) is 0 Å². The molecule has 0 heterocycles. The monoisotopic (exact) mass is 367 g/mol. The van der Waals surface area contributed by atoms with Crippen LogP contribution in [0.1, 0.15) is 18.4 Å². The molecule has 0 atom stereocenters. The zero-order chi connectivity index (χ0) is 17.4. The lowest BCUT2D eigenvalue weighted by Crippen LogP contribution is -2.34. The van der Waals surface area contributed by atoms with Crippen LogP contribution < -0.4 is 14.2 Å². The molecule has 0 radical (unpaired) electrons. The molecular weight excluding hydrogens is 350 g/mol. The van der Waals surface area contributed by atoms with E-state index in [2.05, 4.69) is 4.72 Å². The minimum absolute atomic E-state index is 0.193. The van der Waals surface area contributed by atoms with E-state index in [1.54, 1.807) is 32.4 Å². The fraction of sp³-hybridized carbons (Fsp3) is 0.294. The molecule has 2 aromatic carbocycles. The van der Waals surface area contributed by atoms with E-state index >= 15 is 0 Å². The summed E-state index contributed by atoms with van der Waals surface area (Å²) in [4.78, 5) is 0.193. The Hall–Kier alpha value is -1.76. The number of methoxy groups -OCH3 is 2. The zero-order valence-electron chi connectivity index (χ0n) is 13.4. The third-order valence-electron chi connectivity index (χ3n) is 4.14. The van der Waals surface area contributed by atoms with Crippen LogP contribution in [-0.4, -0.2) is 22.6 Å². The van der Waals surface area contributed by atoms with Gasteiger partial charge in [0.25, 0.3) is 0 Å². The molecule has 0 aromatic heterocycles. The second kappa shape index (κ2) is 6.27. The first-order valence-corrected chi connectivity index (χ1v) is 9.28. The normalized spacial score (nSPS) is 15.8. The standard InChI is InChI=1S/C17H18ClNO4S/c1-22-15-8-3-12(11-16(15)23-2)17(9-10-17)19-24(20,21)14-6-4-13(18)5-7-14/h3-8,11,19H,9-10H2,1-2H3. The smallest absolute Gasteiger partial charge is 0.241 e. The average Bonchev–Trinajstić information content (AvgIpc) is 3.34. The molecule has 1 N–H and O–H groups in total. The lowest BCUT2D eigenvalue weighted by atomic mass is 10.1. The van der Waals surface area contributed by atoms with Crippen LogP contribution in [0.15, 0.2) is 47.4 Å². The Balaban J connectivity index is 1.90. The van der Waals surface area contributed by atoms with Crippen LogP contribution in [0.2, 0.25) is 5.02 Å². The summed E-state index contributed by atoms with van der Waals surface area (Å²) in [6, 6.07) is 11.6. The molecule has 24 heavy (non-hydrogen) atoms. The fourth-order valence-electron chi connectivity index (χ4n) is 2.64. The van der Waals surface area contributed by atoms with Crippen LogP contribution >= 0.6 is 11.6 Å².